The van der Waals surface area contributed by atoms with E-state index in [2.05, 4.69) is 5.32 Å². The first-order valence-electron chi connectivity index (χ1n) is 7.96. The molecule has 1 aliphatic rings. The van der Waals surface area contributed by atoms with Crippen LogP contribution in [0.3, 0.4) is 0 Å². The summed E-state index contributed by atoms with van der Waals surface area (Å²) in [5.41, 5.74) is 0.219. The molecule has 1 N–H and O–H groups in total. The summed E-state index contributed by atoms with van der Waals surface area (Å²) in [6, 6.07) is 7.39. The van der Waals surface area contributed by atoms with Crippen molar-refractivity contribution < 1.29 is 27.5 Å². The zero-order chi connectivity index (χ0) is 19.8. The molecule has 27 heavy (non-hydrogen) atoms. The highest BCUT2D eigenvalue weighted by Crippen LogP contribution is 2.31. The van der Waals surface area contributed by atoms with Gasteiger partial charge in [-0.25, -0.2) is 17.5 Å². The number of rotatable bonds is 5. The number of nitrogens with zero attached hydrogens (tertiary/aromatic N) is 1. The SMILES string of the molecule is CCc1cc(C(=O)OC)c(NC(=O)CN2C(=O)c3ccccc3S2(=O)=O)s1. The second kappa shape index (κ2) is 7.12. The Hall–Kier alpha value is -2.72. The highest BCUT2D eigenvalue weighted by molar-refractivity contribution is 7.90. The largest absolute Gasteiger partial charge is 0.465 e. The van der Waals surface area contributed by atoms with Crippen LogP contribution in [-0.2, 0) is 26.0 Å². The molecule has 0 unspecified atom stereocenters. The summed E-state index contributed by atoms with van der Waals surface area (Å²) < 4.78 is 30.2. The van der Waals surface area contributed by atoms with E-state index in [1.165, 1.54) is 36.6 Å². The Labute approximate surface area is 159 Å². The van der Waals surface area contributed by atoms with Crippen LogP contribution in [-0.4, -0.2) is 44.2 Å². The van der Waals surface area contributed by atoms with E-state index in [9.17, 15) is 22.8 Å². The molecule has 2 heterocycles. The Balaban J connectivity index is 1.83. The summed E-state index contributed by atoms with van der Waals surface area (Å²) in [5.74, 6) is -2.10. The van der Waals surface area contributed by atoms with Crippen LogP contribution in [0.15, 0.2) is 35.2 Å². The van der Waals surface area contributed by atoms with E-state index < -0.39 is 34.4 Å². The second-order valence-corrected chi connectivity index (χ2v) is 8.63. The Kier molecular flexibility index (Phi) is 5.03. The number of ether oxygens (including phenoxy) is 1. The zero-order valence-corrected chi connectivity index (χ0v) is 16.1. The van der Waals surface area contributed by atoms with Gasteiger partial charge in [0.2, 0.25) is 5.91 Å². The van der Waals surface area contributed by atoms with Gasteiger partial charge >= 0.3 is 5.97 Å². The molecule has 10 heteroatoms. The maximum Gasteiger partial charge on any atom is 0.340 e. The lowest BCUT2D eigenvalue weighted by Crippen LogP contribution is -2.37. The molecule has 0 saturated carbocycles. The Morgan fingerprint density at radius 1 is 1.26 bits per heavy atom. The van der Waals surface area contributed by atoms with Crippen LogP contribution in [0.5, 0.6) is 0 Å². The van der Waals surface area contributed by atoms with Crippen molar-refractivity contribution in [2.24, 2.45) is 0 Å². The molecule has 2 amide bonds. The minimum atomic E-state index is -4.08. The van der Waals surface area contributed by atoms with Gasteiger partial charge in [-0.1, -0.05) is 19.1 Å². The minimum absolute atomic E-state index is 0.0324. The number of benzene rings is 1. The molecular weight excluding hydrogens is 392 g/mol. The van der Waals surface area contributed by atoms with Crippen molar-refractivity contribution in [1.82, 2.24) is 4.31 Å². The van der Waals surface area contributed by atoms with E-state index in [1.807, 2.05) is 6.92 Å². The first-order valence-corrected chi connectivity index (χ1v) is 10.2. The lowest BCUT2D eigenvalue weighted by Gasteiger charge is -2.14. The fraction of sp³-hybridized carbons (Fsp3) is 0.235. The summed E-state index contributed by atoms with van der Waals surface area (Å²) in [5, 5.41) is 2.77. The maximum atomic E-state index is 12.5. The van der Waals surface area contributed by atoms with Gasteiger partial charge in [-0.2, -0.15) is 0 Å². The molecule has 0 bridgehead atoms. The van der Waals surface area contributed by atoms with Crippen LogP contribution >= 0.6 is 11.3 Å². The molecule has 0 aliphatic carbocycles. The van der Waals surface area contributed by atoms with Gasteiger partial charge in [0, 0.05) is 4.88 Å². The monoisotopic (exact) mass is 408 g/mol. The van der Waals surface area contributed by atoms with Crippen molar-refractivity contribution in [3.05, 3.63) is 46.3 Å². The Morgan fingerprint density at radius 3 is 2.59 bits per heavy atom. The second-order valence-electron chi connectivity index (χ2n) is 5.66. The predicted molar refractivity (Wildman–Crippen MR) is 98.3 cm³/mol. The van der Waals surface area contributed by atoms with Crippen LogP contribution in [0.1, 0.15) is 32.5 Å². The fourth-order valence-corrected chi connectivity index (χ4v) is 5.18. The van der Waals surface area contributed by atoms with Crippen LogP contribution < -0.4 is 5.32 Å². The molecular formula is C17H16N2O6S2. The number of esters is 1. The molecule has 0 spiro atoms. The van der Waals surface area contributed by atoms with E-state index in [0.29, 0.717) is 10.7 Å². The molecule has 0 atom stereocenters. The van der Waals surface area contributed by atoms with E-state index >= 15 is 0 Å². The highest BCUT2D eigenvalue weighted by atomic mass is 32.2. The highest BCUT2D eigenvalue weighted by Gasteiger charge is 2.41. The van der Waals surface area contributed by atoms with E-state index in [-0.39, 0.29) is 21.0 Å². The molecule has 3 rings (SSSR count). The average Bonchev–Trinajstić information content (AvgIpc) is 3.14. The zero-order valence-electron chi connectivity index (χ0n) is 14.5. The van der Waals surface area contributed by atoms with Crippen LogP contribution in [0.25, 0.3) is 0 Å². The summed E-state index contributed by atoms with van der Waals surface area (Å²) >= 11 is 1.19. The third-order valence-electron chi connectivity index (χ3n) is 3.99. The number of anilines is 1. The molecule has 142 valence electrons. The van der Waals surface area contributed by atoms with Gasteiger partial charge in [0.15, 0.2) is 0 Å². The van der Waals surface area contributed by atoms with E-state index in [4.69, 9.17) is 4.74 Å². The lowest BCUT2D eigenvalue weighted by molar-refractivity contribution is -0.116. The number of nitrogens with one attached hydrogen (secondary N) is 1. The number of hydrogen-bond acceptors (Lipinski definition) is 7. The van der Waals surface area contributed by atoms with Gasteiger partial charge in [-0.3, -0.25) is 9.59 Å². The van der Waals surface area contributed by atoms with Gasteiger partial charge in [-0.05, 0) is 24.6 Å². The predicted octanol–water partition coefficient (Wildman–Crippen LogP) is 1.88. The quantitative estimate of drug-likeness (QED) is 0.757. The molecule has 1 aliphatic heterocycles. The molecule has 1 aromatic carbocycles. The van der Waals surface area contributed by atoms with Crippen molar-refractivity contribution in [3.8, 4) is 0 Å². The normalized spacial score (nSPS) is 14.7. The smallest absolute Gasteiger partial charge is 0.340 e. The van der Waals surface area contributed by atoms with Gasteiger partial charge in [0.25, 0.3) is 15.9 Å². The molecule has 1 aromatic heterocycles. The number of amides is 2. The van der Waals surface area contributed by atoms with Crippen LogP contribution in [0.4, 0.5) is 5.00 Å². The number of fused-ring (bicyclic) bond motifs is 1. The number of sulfonamides is 1. The van der Waals surface area contributed by atoms with Gasteiger partial charge in [0.1, 0.15) is 16.4 Å². The number of carbonyl (C=O) groups is 3. The van der Waals surface area contributed by atoms with Crippen LogP contribution in [0.2, 0.25) is 0 Å². The molecule has 0 fully saturated rings. The Morgan fingerprint density at radius 2 is 1.96 bits per heavy atom. The summed E-state index contributed by atoms with van der Waals surface area (Å²) in [6.45, 7) is 1.21. The van der Waals surface area contributed by atoms with Crippen molar-refractivity contribution in [2.75, 3.05) is 19.0 Å². The number of carbonyl (C=O) groups excluding carboxylic acids is 3. The molecule has 0 radical (unpaired) electrons. The van der Waals surface area contributed by atoms with E-state index in [1.54, 1.807) is 12.1 Å². The summed E-state index contributed by atoms with van der Waals surface area (Å²) in [6.07, 6.45) is 0.652. The summed E-state index contributed by atoms with van der Waals surface area (Å²) in [4.78, 5) is 37.4. The first kappa shape index (κ1) is 19.1. The topological polar surface area (TPSA) is 110 Å². The number of methoxy groups -OCH3 is 1. The van der Waals surface area contributed by atoms with Gasteiger partial charge in [-0.15, -0.1) is 11.3 Å². The molecule has 8 nitrogen and oxygen atoms in total. The number of aryl methyl sites for hydroxylation is 1. The van der Waals surface area contributed by atoms with Crippen LogP contribution in [0, 0.1) is 0 Å². The van der Waals surface area contributed by atoms with Crippen molar-refractivity contribution in [2.45, 2.75) is 18.2 Å². The first-order chi connectivity index (χ1) is 12.8. The number of thiophene rings is 1. The van der Waals surface area contributed by atoms with Crippen molar-refractivity contribution in [3.63, 3.8) is 0 Å². The average molecular weight is 408 g/mol. The van der Waals surface area contributed by atoms with Crippen molar-refractivity contribution >= 4 is 44.1 Å². The van der Waals surface area contributed by atoms with Crippen molar-refractivity contribution in [1.29, 1.82) is 0 Å². The maximum absolute atomic E-state index is 12.5. The number of hydrogen-bond donors (Lipinski definition) is 1. The Bertz CT molecular complexity index is 1040. The molecule has 0 saturated heterocycles. The summed E-state index contributed by atoms with van der Waals surface area (Å²) in [7, 11) is -2.85. The minimum Gasteiger partial charge on any atom is -0.465 e. The van der Waals surface area contributed by atoms with E-state index in [0.717, 1.165) is 4.88 Å². The lowest BCUT2D eigenvalue weighted by atomic mass is 10.2. The van der Waals surface area contributed by atoms with Gasteiger partial charge < -0.3 is 10.1 Å². The standard InChI is InChI=1S/C17H16N2O6S2/c1-3-10-8-12(17(22)25-2)15(26-10)18-14(20)9-19-16(21)11-6-4-5-7-13(11)27(19,23)24/h4-8H,3,9H2,1-2H3,(H,18,20). The fourth-order valence-electron chi connectivity index (χ4n) is 2.65. The van der Waals surface area contributed by atoms with Gasteiger partial charge in [0.05, 0.1) is 18.2 Å². The third kappa shape index (κ3) is 3.33. The molecule has 2 aromatic rings. The third-order valence-corrected chi connectivity index (χ3v) is 6.97.